The molecule has 0 aliphatic carbocycles. The molecular formula is C14H27N3O5. The van der Waals surface area contributed by atoms with Crippen LogP contribution in [0.4, 0.5) is 0 Å². The van der Waals surface area contributed by atoms with Crippen molar-refractivity contribution >= 4 is 18.2 Å². The lowest BCUT2D eigenvalue weighted by atomic mass is 10.0. The summed E-state index contributed by atoms with van der Waals surface area (Å²) in [5, 5.41) is 19.1. The Kier molecular flexibility index (Phi) is 9.35. The number of hydrogen-bond acceptors (Lipinski definition) is 5. The second-order valence-electron chi connectivity index (χ2n) is 5.95. The van der Waals surface area contributed by atoms with Crippen molar-refractivity contribution in [2.24, 2.45) is 5.92 Å². The number of rotatable bonds is 10. The van der Waals surface area contributed by atoms with Crippen LogP contribution in [0, 0.1) is 5.92 Å². The second kappa shape index (κ2) is 10.1. The molecule has 0 radical (unpaired) electrons. The fourth-order valence-corrected chi connectivity index (χ4v) is 1.89. The number of aliphatic hydroxyl groups is 1. The molecule has 3 amide bonds. The van der Waals surface area contributed by atoms with Crippen molar-refractivity contribution in [3.8, 4) is 0 Å². The Balaban J connectivity index is 4.41. The molecule has 0 saturated carbocycles. The second-order valence-corrected chi connectivity index (χ2v) is 5.95. The Morgan fingerprint density at radius 1 is 1.27 bits per heavy atom. The van der Waals surface area contributed by atoms with Gasteiger partial charge >= 0.3 is 0 Å². The van der Waals surface area contributed by atoms with Crippen LogP contribution in [-0.4, -0.2) is 45.7 Å². The lowest BCUT2D eigenvalue weighted by Gasteiger charge is -2.21. The molecule has 22 heavy (non-hydrogen) atoms. The fraction of sp³-hybridized carbons (Fsp3) is 0.786. The molecular weight excluding hydrogens is 290 g/mol. The van der Waals surface area contributed by atoms with Gasteiger partial charge in [0, 0.05) is 0 Å². The van der Waals surface area contributed by atoms with Gasteiger partial charge in [0.1, 0.15) is 0 Å². The van der Waals surface area contributed by atoms with E-state index in [1.807, 2.05) is 6.92 Å². The lowest BCUT2D eigenvalue weighted by molar-refractivity contribution is -0.155. The van der Waals surface area contributed by atoms with Crippen molar-refractivity contribution < 1.29 is 24.7 Å². The maximum atomic E-state index is 12.0. The third-order valence-electron chi connectivity index (χ3n) is 2.97. The predicted molar refractivity (Wildman–Crippen MR) is 79.4 cm³/mol. The zero-order valence-electron chi connectivity index (χ0n) is 13.5. The van der Waals surface area contributed by atoms with Gasteiger partial charge in [-0.2, -0.15) is 0 Å². The summed E-state index contributed by atoms with van der Waals surface area (Å²) in [6.45, 7) is 4.85. The Hall–Kier alpha value is -1.67. The van der Waals surface area contributed by atoms with Gasteiger partial charge in [0.15, 0.2) is 0 Å². The minimum Gasteiger partial charge on any atom is -0.390 e. The first-order valence-corrected chi connectivity index (χ1v) is 7.41. The van der Waals surface area contributed by atoms with Crippen molar-refractivity contribution in [1.82, 2.24) is 15.9 Å². The van der Waals surface area contributed by atoms with Crippen LogP contribution < -0.4 is 10.9 Å². The monoisotopic (exact) mass is 317 g/mol. The molecule has 0 aromatic heterocycles. The van der Waals surface area contributed by atoms with E-state index in [4.69, 9.17) is 0 Å². The van der Waals surface area contributed by atoms with Crippen LogP contribution in [0.5, 0.6) is 0 Å². The number of hydrogen-bond donors (Lipinski definition) is 4. The van der Waals surface area contributed by atoms with Crippen molar-refractivity contribution in [2.45, 2.75) is 58.5 Å². The molecule has 0 bridgehead atoms. The Bertz CT molecular complexity index is 368. The van der Waals surface area contributed by atoms with Crippen molar-refractivity contribution in [2.75, 3.05) is 6.54 Å². The van der Waals surface area contributed by atoms with Gasteiger partial charge < -0.3 is 5.11 Å². The van der Waals surface area contributed by atoms with Crippen LogP contribution in [-0.2, 0) is 14.4 Å². The average Bonchev–Trinajstić information content (AvgIpc) is 2.41. The normalized spacial score (nSPS) is 12.4. The molecule has 0 saturated heterocycles. The molecule has 0 aromatic rings. The van der Waals surface area contributed by atoms with Gasteiger partial charge in [-0.25, -0.2) is 5.06 Å². The summed E-state index contributed by atoms with van der Waals surface area (Å²) < 4.78 is 0. The topological polar surface area (TPSA) is 119 Å². The molecule has 8 heteroatoms. The van der Waals surface area contributed by atoms with Crippen LogP contribution in [0.3, 0.4) is 0 Å². The van der Waals surface area contributed by atoms with Gasteiger partial charge in [0.05, 0.1) is 24.5 Å². The van der Waals surface area contributed by atoms with E-state index in [0.717, 1.165) is 19.3 Å². The van der Waals surface area contributed by atoms with Gasteiger partial charge in [-0.1, -0.05) is 26.2 Å². The van der Waals surface area contributed by atoms with Crippen LogP contribution in [0.2, 0.25) is 0 Å². The number of hydrazine groups is 1. The third-order valence-corrected chi connectivity index (χ3v) is 2.97. The fourth-order valence-electron chi connectivity index (χ4n) is 1.89. The number of nitrogens with one attached hydrogen (secondary N) is 2. The largest absolute Gasteiger partial charge is 0.390 e. The van der Waals surface area contributed by atoms with Crippen molar-refractivity contribution in [3.63, 3.8) is 0 Å². The summed E-state index contributed by atoms with van der Waals surface area (Å²) >= 11 is 0. The highest BCUT2D eigenvalue weighted by atomic mass is 16.5. The molecule has 1 atom stereocenters. The third kappa shape index (κ3) is 10.1. The number of nitrogens with zero attached hydrogens (tertiary/aromatic N) is 1. The van der Waals surface area contributed by atoms with E-state index in [-0.39, 0.29) is 19.4 Å². The van der Waals surface area contributed by atoms with Gasteiger partial charge in [0.2, 0.25) is 18.2 Å². The molecule has 128 valence electrons. The van der Waals surface area contributed by atoms with Crippen molar-refractivity contribution in [1.29, 1.82) is 0 Å². The smallest absolute Gasteiger partial charge is 0.243 e. The van der Waals surface area contributed by atoms with E-state index in [9.17, 15) is 24.7 Å². The number of carbonyl (C=O) groups excluding carboxylic acids is 3. The molecule has 0 aromatic carbocycles. The minimum absolute atomic E-state index is 0.138. The number of unbranched alkanes of at least 4 members (excludes halogenated alkanes) is 2. The maximum absolute atomic E-state index is 12.0. The Morgan fingerprint density at radius 2 is 1.91 bits per heavy atom. The van der Waals surface area contributed by atoms with Gasteiger partial charge in [0.25, 0.3) is 0 Å². The highest BCUT2D eigenvalue weighted by Gasteiger charge is 2.22. The summed E-state index contributed by atoms with van der Waals surface area (Å²) in [6, 6.07) is 0. The lowest BCUT2D eigenvalue weighted by Crippen LogP contribution is -2.48. The van der Waals surface area contributed by atoms with Gasteiger partial charge in [-0.05, 0) is 20.3 Å². The van der Waals surface area contributed by atoms with E-state index < -0.39 is 23.3 Å². The molecule has 0 rings (SSSR count). The zero-order chi connectivity index (χ0) is 17.2. The Morgan fingerprint density at radius 3 is 2.41 bits per heavy atom. The first kappa shape index (κ1) is 20.3. The molecule has 0 aliphatic rings. The SMILES string of the molecule is CCCCC[C@H](CN(O)C=O)C(=O)NNC(=O)CC(C)(C)O. The van der Waals surface area contributed by atoms with E-state index in [2.05, 4.69) is 10.9 Å². The quantitative estimate of drug-likeness (QED) is 0.200. The minimum atomic E-state index is -1.17. The van der Waals surface area contributed by atoms with E-state index in [1.165, 1.54) is 13.8 Å². The summed E-state index contributed by atoms with van der Waals surface area (Å²) in [5.74, 6) is -1.63. The van der Waals surface area contributed by atoms with Crippen LogP contribution >= 0.6 is 0 Å². The average molecular weight is 317 g/mol. The van der Waals surface area contributed by atoms with Crippen LogP contribution in [0.1, 0.15) is 52.9 Å². The summed E-state index contributed by atoms with van der Waals surface area (Å²) in [6.07, 6.45) is 3.25. The molecule has 0 aliphatic heterocycles. The van der Waals surface area contributed by atoms with E-state index in [1.54, 1.807) is 0 Å². The molecule has 0 fully saturated rings. The first-order chi connectivity index (χ1) is 10.2. The van der Waals surface area contributed by atoms with Crippen LogP contribution in [0.25, 0.3) is 0 Å². The summed E-state index contributed by atoms with van der Waals surface area (Å²) in [5.41, 5.74) is 3.30. The number of amides is 3. The van der Waals surface area contributed by atoms with Gasteiger partial charge in [-0.15, -0.1) is 0 Å². The van der Waals surface area contributed by atoms with E-state index >= 15 is 0 Å². The standard InChI is InChI=1S/C14H27N3O5/c1-4-5-6-7-11(9-17(22)10-18)13(20)16-15-12(19)8-14(2,3)21/h10-11,21-22H,4-9H2,1-3H3,(H,15,19)(H,16,20)/t11-/m1/s1. The summed E-state index contributed by atoms with van der Waals surface area (Å²) in [4.78, 5) is 34.0. The highest BCUT2D eigenvalue weighted by Crippen LogP contribution is 2.11. The maximum Gasteiger partial charge on any atom is 0.243 e. The molecule has 4 N–H and O–H groups in total. The Labute approximate surface area is 130 Å². The molecule has 0 spiro atoms. The number of carbonyl (C=O) groups is 3. The summed E-state index contributed by atoms with van der Waals surface area (Å²) in [7, 11) is 0. The van der Waals surface area contributed by atoms with Gasteiger partial charge in [-0.3, -0.25) is 30.4 Å². The van der Waals surface area contributed by atoms with Crippen molar-refractivity contribution in [3.05, 3.63) is 0 Å². The number of hydroxylamine groups is 2. The molecule has 0 heterocycles. The highest BCUT2D eigenvalue weighted by molar-refractivity contribution is 5.83. The van der Waals surface area contributed by atoms with E-state index in [0.29, 0.717) is 11.5 Å². The molecule has 0 unspecified atom stereocenters. The predicted octanol–water partition coefficient (Wildman–Crippen LogP) is 0.339. The zero-order valence-corrected chi connectivity index (χ0v) is 13.5. The first-order valence-electron chi connectivity index (χ1n) is 7.41. The molecule has 8 nitrogen and oxygen atoms in total. The van der Waals surface area contributed by atoms with Crippen LogP contribution in [0.15, 0.2) is 0 Å².